The number of hydrogen-bond donors (Lipinski definition) is 1. The van der Waals surface area contributed by atoms with Crippen molar-refractivity contribution in [1.82, 2.24) is 4.90 Å². The molecule has 1 atom stereocenters. The Kier molecular flexibility index (Phi) is 4.87. The van der Waals surface area contributed by atoms with Gasteiger partial charge >= 0.3 is 0 Å². The molecule has 2 rings (SSSR count). The van der Waals surface area contributed by atoms with Gasteiger partial charge in [0.25, 0.3) is 0 Å². The van der Waals surface area contributed by atoms with E-state index in [-0.39, 0.29) is 6.61 Å². The number of rotatable bonds is 5. The Bertz CT molecular complexity index is 397. The average molecular weight is 270 g/mol. The highest BCUT2D eigenvalue weighted by molar-refractivity contribution is 6.30. The van der Waals surface area contributed by atoms with Gasteiger partial charge in [-0.25, -0.2) is 0 Å². The van der Waals surface area contributed by atoms with Crippen LogP contribution in [0.1, 0.15) is 24.8 Å². The number of benzene rings is 1. The highest BCUT2D eigenvalue weighted by Gasteiger charge is 2.24. The van der Waals surface area contributed by atoms with Gasteiger partial charge in [0.2, 0.25) is 0 Å². The summed E-state index contributed by atoms with van der Waals surface area (Å²) < 4.78 is 5.37. The minimum absolute atomic E-state index is 0.258. The lowest BCUT2D eigenvalue weighted by Crippen LogP contribution is -2.29. The highest BCUT2D eigenvalue weighted by atomic mass is 35.5. The van der Waals surface area contributed by atoms with Gasteiger partial charge in [0, 0.05) is 29.8 Å². The molecular weight excluding hydrogens is 250 g/mol. The van der Waals surface area contributed by atoms with E-state index in [1.54, 1.807) is 7.11 Å². The largest absolute Gasteiger partial charge is 0.496 e. The molecule has 0 spiro atoms. The molecule has 0 bridgehead atoms. The quantitative estimate of drug-likeness (QED) is 0.892. The van der Waals surface area contributed by atoms with Gasteiger partial charge in [-0.15, -0.1) is 0 Å². The fraction of sp³-hybridized carbons (Fsp3) is 0.571. The molecule has 0 radical (unpaired) electrons. The van der Waals surface area contributed by atoms with Crippen LogP contribution in [-0.4, -0.2) is 36.3 Å². The fourth-order valence-corrected chi connectivity index (χ4v) is 2.86. The van der Waals surface area contributed by atoms with E-state index < -0.39 is 0 Å². The van der Waals surface area contributed by atoms with Gasteiger partial charge in [0.05, 0.1) is 7.11 Å². The van der Waals surface area contributed by atoms with Crippen LogP contribution in [0.25, 0.3) is 0 Å². The van der Waals surface area contributed by atoms with Crippen molar-refractivity contribution in [1.29, 1.82) is 0 Å². The molecule has 100 valence electrons. The SMILES string of the molecule is COc1ccc(Cl)cc1CN1CCCC1CCO. The van der Waals surface area contributed by atoms with E-state index in [0.717, 1.165) is 35.8 Å². The molecule has 1 heterocycles. The smallest absolute Gasteiger partial charge is 0.123 e. The Morgan fingerprint density at radius 2 is 2.33 bits per heavy atom. The standard InChI is InChI=1S/C14H20ClNO2/c1-18-14-5-4-12(15)9-11(14)10-16-7-2-3-13(16)6-8-17/h4-5,9,13,17H,2-3,6-8,10H2,1H3. The first-order chi connectivity index (χ1) is 8.74. The second kappa shape index (κ2) is 6.41. The predicted octanol–water partition coefficient (Wildman–Crippen LogP) is 2.70. The van der Waals surface area contributed by atoms with E-state index in [9.17, 15) is 0 Å². The Hall–Kier alpha value is -0.770. The molecule has 0 aromatic heterocycles. The lowest BCUT2D eigenvalue weighted by atomic mass is 10.1. The Labute approximate surface area is 113 Å². The summed E-state index contributed by atoms with van der Waals surface area (Å²) in [5, 5.41) is 9.82. The zero-order valence-electron chi connectivity index (χ0n) is 10.7. The van der Waals surface area contributed by atoms with E-state index in [2.05, 4.69) is 4.90 Å². The first-order valence-electron chi connectivity index (χ1n) is 6.42. The van der Waals surface area contributed by atoms with Gasteiger partial charge < -0.3 is 9.84 Å². The van der Waals surface area contributed by atoms with Crippen LogP contribution >= 0.6 is 11.6 Å². The second-order valence-corrected chi connectivity index (χ2v) is 5.17. The Morgan fingerprint density at radius 1 is 1.50 bits per heavy atom. The summed E-state index contributed by atoms with van der Waals surface area (Å²) in [6.07, 6.45) is 3.22. The molecule has 1 N–H and O–H groups in total. The van der Waals surface area contributed by atoms with Crippen molar-refractivity contribution in [2.75, 3.05) is 20.3 Å². The molecular formula is C14H20ClNO2. The first kappa shape index (κ1) is 13.7. The number of nitrogens with zero attached hydrogens (tertiary/aromatic N) is 1. The molecule has 1 unspecified atom stereocenters. The summed E-state index contributed by atoms with van der Waals surface area (Å²) in [7, 11) is 1.68. The van der Waals surface area contributed by atoms with Gasteiger partial charge in [-0.2, -0.15) is 0 Å². The van der Waals surface area contributed by atoms with E-state index in [1.807, 2.05) is 18.2 Å². The molecule has 1 fully saturated rings. The maximum atomic E-state index is 9.08. The Balaban J connectivity index is 2.10. The third-order valence-electron chi connectivity index (χ3n) is 3.58. The molecule has 4 heteroatoms. The number of methoxy groups -OCH3 is 1. The molecule has 1 aliphatic heterocycles. The van der Waals surface area contributed by atoms with E-state index in [1.165, 1.54) is 12.8 Å². The van der Waals surface area contributed by atoms with Crippen molar-refractivity contribution in [3.63, 3.8) is 0 Å². The average Bonchev–Trinajstić information content (AvgIpc) is 2.78. The van der Waals surface area contributed by atoms with Crippen molar-refractivity contribution in [2.45, 2.75) is 31.8 Å². The first-order valence-corrected chi connectivity index (χ1v) is 6.79. The third-order valence-corrected chi connectivity index (χ3v) is 3.81. The van der Waals surface area contributed by atoms with Crippen molar-refractivity contribution < 1.29 is 9.84 Å². The number of aliphatic hydroxyl groups is 1. The zero-order chi connectivity index (χ0) is 13.0. The summed E-state index contributed by atoms with van der Waals surface area (Å²) in [5.74, 6) is 0.883. The number of halogens is 1. The van der Waals surface area contributed by atoms with E-state index in [0.29, 0.717) is 6.04 Å². The van der Waals surface area contributed by atoms with Gasteiger partial charge in [-0.05, 0) is 44.0 Å². The van der Waals surface area contributed by atoms with Crippen molar-refractivity contribution >= 4 is 11.6 Å². The fourth-order valence-electron chi connectivity index (χ4n) is 2.67. The summed E-state index contributed by atoms with van der Waals surface area (Å²) in [4.78, 5) is 2.41. The van der Waals surface area contributed by atoms with Gasteiger partial charge in [0.1, 0.15) is 5.75 Å². The van der Waals surface area contributed by atoms with Crippen molar-refractivity contribution in [3.05, 3.63) is 28.8 Å². The third kappa shape index (κ3) is 3.16. The van der Waals surface area contributed by atoms with Gasteiger partial charge in [-0.1, -0.05) is 11.6 Å². The van der Waals surface area contributed by atoms with Crippen LogP contribution in [0.3, 0.4) is 0 Å². The molecule has 18 heavy (non-hydrogen) atoms. The monoisotopic (exact) mass is 269 g/mol. The summed E-state index contributed by atoms with van der Waals surface area (Å²) in [5.41, 5.74) is 1.12. The molecule has 0 saturated carbocycles. The Morgan fingerprint density at radius 3 is 3.06 bits per heavy atom. The van der Waals surface area contributed by atoms with Gasteiger partial charge in [-0.3, -0.25) is 4.90 Å². The lowest BCUT2D eigenvalue weighted by Gasteiger charge is -2.24. The minimum Gasteiger partial charge on any atom is -0.496 e. The summed E-state index contributed by atoms with van der Waals surface area (Å²) in [6, 6.07) is 6.21. The van der Waals surface area contributed by atoms with Crippen LogP contribution in [0.15, 0.2) is 18.2 Å². The number of hydrogen-bond acceptors (Lipinski definition) is 3. The number of aliphatic hydroxyl groups excluding tert-OH is 1. The van der Waals surface area contributed by atoms with Crippen molar-refractivity contribution in [2.24, 2.45) is 0 Å². The second-order valence-electron chi connectivity index (χ2n) is 4.73. The van der Waals surface area contributed by atoms with Crippen LogP contribution in [0.4, 0.5) is 0 Å². The van der Waals surface area contributed by atoms with Crippen LogP contribution < -0.4 is 4.74 Å². The molecule has 1 aliphatic rings. The number of ether oxygens (including phenoxy) is 1. The van der Waals surface area contributed by atoms with Crippen molar-refractivity contribution in [3.8, 4) is 5.75 Å². The van der Waals surface area contributed by atoms with Crippen LogP contribution in [0.5, 0.6) is 5.75 Å². The summed E-state index contributed by atoms with van der Waals surface area (Å²) in [6.45, 7) is 2.18. The van der Waals surface area contributed by atoms with E-state index in [4.69, 9.17) is 21.4 Å². The van der Waals surface area contributed by atoms with Gasteiger partial charge in [0.15, 0.2) is 0 Å². The molecule has 1 aromatic carbocycles. The summed E-state index contributed by atoms with van der Waals surface area (Å²) >= 11 is 6.04. The predicted molar refractivity (Wildman–Crippen MR) is 73.1 cm³/mol. The van der Waals surface area contributed by atoms with Crippen LogP contribution in [0, 0.1) is 0 Å². The lowest BCUT2D eigenvalue weighted by molar-refractivity contribution is 0.188. The molecule has 0 aliphatic carbocycles. The minimum atomic E-state index is 0.258. The van der Waals surface area contributed by atoms with E-state index >= 15 is 0 Å². The zero-order valence-corrected chi connectivity index (χ0v) is 11.5. The molecule has 0 amide bonds. The maximum absolute atomic E-state index is 9.08. The van der Waals surface area contributed by atoms with Crippen LogP contribution in [-0.2, 0) is 6.54 Å². The molecule has 1 saturated heterocycles. The molecule has 3 nitrogen and oxygen atoms in total. The highest BCUT2D eigenvalue weighted by Crippen LogP contribution is 2.28. The molecule has 1 aromatic rings. The topological polar surface area (TPSA) is 32.7 Å². The number of likely N-dealkylation sites (tertiary alicyclic amines) is 1. The van der Waals surface area contributed by atoms with Crippen LogP contribution in [0.2, 0.25) is 5.02 Å². The normalized spacial score (nSPS) is 20.3. The maximum Gasteiger partial charge on any atom is 0.123 e.